The van der Waals surface area contributed by atoms with Crippen LogP contribution >= 0.6 is 0 Å². The molecule has 230 valence electrons. The topological polar surface area (TPSA) is 126 Å². The second-order valence-electron chi connectivity index (χ2n) is 12.2. The van der Waals surface area contributed by atoms with Crippen LogP contribution in [-0.4, -0.2) is 59.9 Å². The molecule has 3 aromatic rings. The molecule has 0 aliphatic carbocycles. The standard InChI is InChI=1S/C32H42N6O5/c1-21-13-18-25(27(33-21)37(8)9)28(39)35-23-14-16-24(17-15-23)38(30(41)43-32(5,6)7)20-19-22-11-10-12-26(34-22)36-29(40)42-31(2,3)4/h10-18H,19-20H2,1-9H3,(H,35,39)(H,34,36,40). The number of benzene rings is 1. The minimum atomic E-state index is -0.703. The number of nitrogens with one attached hydrogen (secondary N) is 2. The van der Waals surface area contributed by atoms with Crippen LogP contribution in [0.4, 0.5) is 32.6 Å². The Kier molecular flexibility index (Phi) is 10.3. The van der Waals surface area contributed by atoms with Gasteiger partial charge in [-0.25, -0.2) is 19.6 Å². The van der Waals surface area contributed by atoms with Gasteiger partial charge in [0.2, 0.25) is 0 Å². The zero-order valence-corrected chi connectivity index (χ0v) is 26.4. The van der Waals surface area contributed by atoms with Gasteiger partial charge in [0.25, 0.3) is 5.91 Å². The largest absolute Gasteiger partial charge is 0.444 e. The highest BCUT2D eigenvalue weighted by Crippen LogP contribution is 2.23. The fraction of sp³-hybridized carbons (Fsp3) is 0.406. The van der Waals surface area contributed by atoms with E-state index < -0.39 is 23.4 Å². The summed E-state index contributed by atoms with van der Waals surface area (Å²) in [6.07, 6.45) is -0.736. The second-order valence-corrected chi connectivity index (χ2v) is 12.2. The molecule has 0 atom stereocenters. The summed E-state index contributed by atoms with van der Waals surface area (Å²) in [5, 5.41) is 5.54. The van der Waals surface area contributed by atoms with Crippen LogP contribution in [0, 0.1) is 6.92 Å². The van der Waals surface area contributed by atoms with Crippen molar-refractivity contribution in [3.8, 4) is 0 Å². The molecular weight excluding hydrogens is 548 g/mol. The number of aryl methyl sites for hydroxylation is 1. The van der Waals surface area contributed by atoms with Crippen LogP contribution in [0.3, 0.4) is 0 Å². The number of nitrogens with zero attached hydrogens (tertiary/aromatic N) is 4. The Morgan fingerprint density at radius 1 is 0.814 bits per heavy atom. The number of carbonyl (C=O) groups is 3. The van der Waals surface area contributed by atoms with Gasteiger partial charge in [-0.1, -0.05) is 6.07 Å². The molecule has 2 N–H and O–H groups in total. The van der Waals surface area contributed by atoms with Gasteiger partial charge in [0.1, 0.15) is 22.8 Å². The lowest BCUT2D eigenvalue weighted by Crippen LogP contribution is -2.38. The van der Waals surface area contributed by atoms with Crippen molar-refractivity contribution in [3.63, 3.8) is 0 Å². The van der Waals surface area contributed by atoms with E-state index in [4.69, 9.17) is 9.47 Å². The molecule has 2 heterocycles. The molecule has 0 spiro atoms. The molecule has 0 unspecified atom stereocenters. The number of anilines is 4. The third-order valence-electron chi connectivity index (χ3n) is 5.76. The van der Waals surface area contributed by atoms with E-state index in [0.29, 0.717) is 40.7 Å². The monoisotopic (exact) mass is 590 g/mol. The number of hydrogen-bond acceptors (Lipinski definition) is 8. The molecule has 11 heteroatoms. The summed E-state index contributed by atoms with van der Waals surface area (Å²) in [5.74, 6) is 0.625. The lowest BCUT2D eigenvalue weighted by atomic mass is 10.2. The number of hydrogen-bond donors (Lipinski definition) is 2. The van der Waals surface area contributed by atoms with E-state index in [1.165, 1.54) is 4.90 Å². The van der Waals surface area contributed by atoms with E-state index in [9.17, 15) is 14.4 Å². The highest BCUT2D eigenvalue weighted by molar-refractivity contribution is 6.07. The Hall–Kier alpha value is -4.67. The van der Waals surface area contributed by atoms with Gasteiger partial charge in [0.05, 0.1) is 5.56 Å². The van der Waals surface area contributed by atoms with E-state index in [1.54, 1.807) is 95.0 Å². The van der Waals surface area contributed by atoms with Crippen LogP contribution in [0.25, 0.3) is 0 Å². The maximum absolute atomic E-state index is 13.2. The van der Waals surface area contributed by atoms with E-state index in [1.807, 2.05) is 27.1 Å². The van der Waals surface area contributed by atoms with E-state index in [0.717, 1.165) is 5.69 Å². The Bertz CT molecular complexity index is 1440. The SMILES string of the molecule is Cc1ccc(C(=O)Nc2ccc(N(CCc3cccc(NC(=O)OC(C)(C)C)n3)C(=O)OC(C)(C)C)cc2)c(N(C)C)n1. The molecule has 0 saturated carbocycles. The van der Waals surface area contributed by atoms with Gasteiger partial charge >= 0.3 is 12.2 Å². The Morgan fingerprint density at radius 2 is 1.47 bits per heavy atom. The highest BCUT2D eigenvalue weighted by Gasteiger charge is 2.24. The summed E-state index contributed by atoms with van der Waals surface area (Å²) in [6.45, 7) is 12.9. The molecule has 3 amide bonds. The molecule has 0 radical (unpaired) electrons. The predicted octanol–water partition coefficient (Wildman–Crippen LogP) is 6.43. The van der Waals surface area contributed by atoms with Gasteiger partial charge in [-0.2, -0.15) is 0 Å². The number of pyridine rings is 2. The van der Waals surface area contributed by atoms with Gasteiger partial charge in [-0.05, 0) is 97.0 Å². The summed E-state index contributed by atoms with van der Waals surface area (Å²) >= 11 is 0. The summed E-state index contributed by atoms with van der Waals surface area (Å²) in [5.41, 5.74) is 1.73. The summed E-state index contributed by atoms with van der Waals surface area (Å²) in [7, 11) is 3.67. The van der Waals surface area contributed by atoms with Crippen molar-refractivity contribution in [1.82, 2.24) is 9.97 Å². The Labute approximate surface area is 253 Å². The summed E-state index contributed by atoms with van der Waals surface area (Å²) in [4.78, 5) is 50.7. The maximum Gasteiger partial charge on any atom is 0.414 e. The average molecular weight is 591 g/mol. The van der Waals surface area contributed by atoms with Gasteiger partial charge in [0.15, 0.2) is 0 Å². The van der Waals surface area contributed by atoms with Crippen molar-refractivity contribution in [2.45, 2.75) is 66.1 Å². The van der Waals surface area contributed by atoms with Crippen molar-refractivity contribution >= 4 is 41.1 Å². The normalized spacial score (nSPS) is 11.4. The second kappa shape index (κ2) is 13.5. The first-order chi connectivity index (χ1) is 20.0. The molecule has 0 fully saturated rings. The molecule has 2 aromatic heterocycles. The minimum Gasteiger partial charge on any atom is -0.444 e. The molecule has 43 heavy (non-hydrogen) atoms. The van der Waals surface area contributed by atoms with Crippen LogP contribution in [0.1, 0.15) is 63.3 Å². The molecule has 1 aromatic carbocycles. The molecule has 0 saturated heterocycles. The number of aromatic nitrogens is 2. The van der Waals surface area contributed by atoms with Gasteiger partial charge in [-0.15, -0.1) is 0 Å². The number of carbonyl (C=O) groups excluding carboxylic acids is 3. The molecule has 0 aliphatic rings. The van der Waals surface area contributed by atoms with Crippen molar-refractivity contribution < 1.29 is 23.9 Å². The fourth-order valence-electron chi connectivity index (χ4n) is 3.95. The highest BCUT2D eigenvalue weighted by atomic mass is 16.6. The van der Waals surface area contributed by atoms with E-state index in [2.05, 4.69) is 20.6 Å². The molecule has 11 nitrogen and oxygen atoms in total. The van der Waals surface area contributed by atoms with Crippen molar-refractivity contribution in [2.75, 3.05) is 41.1 Å². The van der Waals surface area contributed by atoms with Crippen molar-refractivity contribution in [1.29, 1.82) is 0 Å². The molecule has 3 rings (SSSR count). The first-order valence-corrected chi connectivity index (χ1v) is 14.0. The smallest absolute Gasteiger partial charge is 0.414 e. The van der Waals surface area contributed by atoms with Crippen LogP contribution in [-0.2, 0) is 15.9 Å². The quantitative estimate of drug-likeness (QED) is 0.307. The van der Waals surface area contributed by atoms with Crippen LogP contribution in [0.2, 0.25) is 0 Å². The Balaban J connectivity index is 1.77. The third kappa shape index (κ3) is 10.3. The van der Waals surface area contributed by atoms with Crippen molar-refractivity contribution in [3.05, 3.63) is 71.5 Å². The lowest BCUT2D eigenvalue weighted by molar-refractivity contribution is 0.0578. The molecule has 0 bridgehead atoms. The van der Waals surface area contributed by atoms with Crippen LogP contribution in [0.15, 0.2) is 54.6 Å². The van der Waals surface area contributed by atoms with Crippen molar-refractivity contribution in [2.24, 2.45) is 0 Å². The van der Waals surface area contributed by atoms with E-state index in [-0.39, 0.29) is 12.5 Å². The predicted molar refractivity (Wildman–Crippen MR) is 169 cm³/mol. The fourth-order valence-corrected chi connectivity index (χ4v) is 3.95. The first kappa shape index (κ1) is 32.8. The number of ether oxygens (including phenoxy) is 2. The zero-order valence-electron chi connectivity index (χ0n) is 26.4. The maximum atomic E-state index is 13.2. The summed E-state index contributed by atoms with van der Waals surface area (Å²) < 4.78 is 11.0. The Morgan fingerprint density at radius 3 is 2.07 bits per heavy atom. The minimum absolute atomic E-state index is 0.255. The molecule has 0 aliphatic heterocycles. The van der Waals surface area contributed by atoms with Crippen LogP contribution < -0.4 is 20.4 Å². The number of amides is 3. The average Bonchev–Trinajstić information content (AvgIpc) is 2.87. The van der Waals surface area contributed by atoms with Gasteiger partial charge in [-0.3, -0.25) is 15.0 Å². The van der Waals surface area contributed by atoms with Crippen LogP contribution in [0.5, 0.6) is 0 Å². The lowest BCUT2D eigenvalue weighted by Gasteiger charge is -2.27. The molecular formula is C32H42N6O5. The zero-order chi connectivity index (χ0) is 31.9. The summed E-state index contributed by atoms with van der Waals surface area (Å²) in [6, 6.07) is 15.7. The van der Waals surface area contributed by atoms with Gasteiger partial charge in [0, 0.05) is 49.8 Å². The van der Waals surface area contributed by atoms with E-state index >= 15 is 0 Å². The first-order valence-electron chi connectivity index (χ1n) is 14.0. The third-order valence-corrected chi connectivity index (χ3v) is 5.76. The number of rotatable bonds is 8. The van der Waals surface area contributed by atoms with Gasteiger partial charge < -0.3 is 19.7 Å².